The van der Waals surface area contributed by atoms with Crippen LogP contribution in [0.2, 0.25) is 0 Å². The molecule has 4 aromatic rings. The van der Waals surface area contributed by atoms with Crippen LogP contribution in [0.15, 0.2) is 66.9 Å². The second kappa shape index (κ2) is 12.7. The van der Waals surface area contributed by atoms with E-state index in [1.807, 2.05) is 29.8 Å². The molecule has 0 saturated carbocycles. The molecule has 2 heterocycles. The number of nitrogens with one attached hydrogen (secondary N) is 2. The summed E-state index contributed by atoms with van der Waals surface area (Å²) in [6, 6.07) is 18.0. The SMILES string of the molecule is CCOC(=O)CCN(C(=O)c1ccc2c(c1)nc(CNc1ccc(C(=N)N)cc1)n2C)c1ccccn1.Cl. The number of nitrogen functional groups attached to an aromatic ring is 1. The van der Waals surface area contributed by atoms with E-state index in [-0.39, 0.29) is 49.7 Å². The second-order valence-electron chi connectivity index (χ2n) is 8.33. The largest absolute Gasteiger partial charge is 0.466 e. The van der Waals surface area contributed by atoms with E-state index in [9.17, 15) is 9.59 Å². The Morgan fingerprint density at radius 3 is 2.50 bits per heavy atom. The highest BCUT2D eigenvalue weighted by Gasteiger charge is 2.21. The quantitative estimate of drug-likeness (QED) is 0.159. The minimum atomic E-state index is -0.371. The highest BCUT2D eigenvalue weighted by Crippen LogP contribution is 2.21. The number of nitrogens with zero attached hydrogens (tertiary/aromatic N) is 4. The van der Waals surface area contributed by atoms with Gasteiger partial charge in [-0.1, -0.05) is 6.07 Å². The molecule has 0 fully saturated rings. The van der Waals surface area contributed by atoms with Gasteiger partial charge in [-0.15, -0.1) is 12.4 Å². The number of carbonyl (C=O) groups is 2. The Morgan fingerprint density at radius 1 is 1.11 bits per heavy atom. The van der Waals surface area contributed by atoms with Crippen LogP contribution in [0, 0.1) is 5.41 Å². The summed E-state index contributed by atoms with van der Waals surface area (Å²) < 4.78 is 7.00. The topological polar surface area (TPSA) is 139 Å². The molecule has 0 atom stereocenters. The Bertz CT molecular complexity index is 1420. The molecule has 4 N–H and O–H groups in total. The van der Waals surface area contributed by atoms with E-state index in [2.05, 4.69) is 10.3 Å². The van der Waals surface area contributed by atoms with E-state index >= 15 is 0 Å². The van der Waals surface area contributed by atoms with Crippen LogP contribution >= 0.6 is 12.4 Å². The summed E-state index contributed by atoms with van der Waals surface area (Å²) in [4.78, 5) is 36.0. The van der Waals surface area contributed by atoms with Crippen LogP contribution in [0.3, 0.4) is 0 Å². The lowest BCUT2D eigenvalue weighted by atomic mass is 10.1. The summed E-state index contributed by atoms with van der Waals surface area (Å²) in [5, 5.41) is 10.8. The predicted molar refractivity (Wildman–Crippen MR) is 150 cm³/mol. The van der Waals surface area contributed by atoms with Gasteiger partial charge in [0.15, 0.2) is 0 Å². The Kier molecular flexibility index (Phi) is 9.39. The number of halogens is 1. The zero-order chi connectivity index (χ0) is 26.4. The van der Waals surface area contributed by atoms with Gasteiger partial charge in [0.05, 0.1) is 30.6 Å². The Morgan fingerprint density at radius 2 is 1.84 bits per heavy atom. The third-order valence-electron chi connectivity index (χ3n) is 5.88. The number of amides is 1. The Balaban J connectivity index is 0.00000400. The van der Waals surface area contributed by atoms with Crippen LogP contribution in [0.5, 0.6) is 0 Å². The van der Waals surface area contributed by atoms with Gasteiger partial charge in [-0.05, 0) is 61.5 Å². The monoisotopic (exact) mass is 535 g/mol. The lowest BCUT2D eigenvalue weighted by Crippen LogP contribution is -2.34. The zero-order valence-electron chi connectivity index (χ0n) is 21.2. The first-order chi connectivity index (χ1) is 17.9. The van der Waals surface area contributed by atoms with Crippen molar-refractivity contribution in [2.45, 2.75) is 19.9 Å². The number of rotatable bonds is 10. The number of hydrogen-bond donors (Lipinski definition) is 3. The lowest BCUT2D eigenvalue weighted by molar-refractivity contribution is -0.142. The Hall–Kier alpha value is -4.44. The number of imidazole rings is 1. The van der Waals surface area contributed by atoms with E-state index in [4.69, 9.17) is 20.9 Å². The fourth-order valence-electron chi connectivity index (χ4n) is 3.92. The van der Waals surface area contributed by atoms with E-state index in [0.29, 0.717) is 29.0 Å². The summed E-state index contributed by atoms with van der Waals surface area (Å²) in [7, 11) is 1.92. The first kappa shape index (κ1) is 28.1. The van der Waals surface area contributed by atoms with Crippen molar-refractivity contribution >= 4 is 52.7 Å². The number of amidine groups is 1. The van der Waals surface area contributed by atoms with Gasteiger partial charge in [0.2, 0.25) is 0 Å². The van der Waals surface area contributed by atoms with E-state index in [1.54, 1.807) is 55.6 Å². The molecule has 2 aromatic heterocycles. The average molecular weight is 536 g/mol. The average Bonchev–Trinajstić information content (AvgIpc) is 3.23. The predicted octanol–water partition coefficient (Wildman–Crippen LogP) is 3.89. The minimum absolute atomic E-state index is 0. The summed E-state index contributed by atoms with van der Waals surface area (Å²) in [6.45, 7) is 2.64. The fourth-order valence-corrected chi connectivity index (χ4v) is 3.92. The van der Waals surface area contributed by atoms with Crippen molar-refractivity contribution in [1.82, 2.24) is 14.5 Å². The van der Waals surface area contributed by atoms with Crippen LogP contribution in [0.25, 0.3) is 11.0 Å². The maximum Gasteiger partial charge on any atom is 0.307 e. The van der Waals surface area contributed by atoms with Gasteiger partial charge in [0.25, 0.3) is 5.91 Å². The van der Waals surface area contributed by atoms with Crippen LogP contribution in [0.4, 0.5) is 11.5 Å². The van der Waals surface area contributed by atoms with Crippen LogP contribution in [-0.2, 0) is 23.1 Å². The molecular formula is C27H30ClN7O3. The third-order valence-corrected chi connectivity index (χ3v) is 5.88. The van der Waals surface area contributed by atoms with Gasteiger partial charge >= 0.3 is 5.97 Å². The molecule has 198 valence electrons. The number of anilines is 2. The maximum absolute atomic E-state index is 13.5. The molecule has 0 saturated heterocycles. The number of fused-ring (bicyclic) bond motifs is 1. The number of ether oxygens (including phenoxy) is 1. The molecule has 10 nitrogen and oxygen atoms in total. The van der Waals surface area contributed by atoms with Gasteiger partial charge in [0.1, 0.15) is 17.5 Å². The van der Waals surface area contributed by atoms with Gasteiger partial charge in [-0.3, -0.25) is 19.9 Å². The fraction of sp³-hybridized carbons (Fsp3) is 0.222. The van der Waals surface area contributed by atoms with Crippen LogP contribution in [0.1, 0.15) is 35.1 Å². The molecule has 0 aliphatic heterocycles. The van der Waals surface area contributed by atoms with E-state index in [0.717, 1.165) is 17.0 Å². The number of aromatic nitrogens is 3. The van der Waals surface area contributed by atoms with Crippen molar-refractivity contribution in [2.75, 3.05) is 23.4 Å². The van der Waals surface area contributed by atoms with Crippen molar-refractivity contribution in [3.8, 4) is 0 Å². The lowest BCUT2D eigenvalue weighted by Gasteiger charge is -2.21. The van der Waals surface area contributed by atoms with E-state index < -0.39 is 0 Å². The smallest absolute Gasteiger partial charge is 0.307 e. The van der Waals surface area contributed by atoms with Crippen LogP contribution < -0.4 is 16.0 Å². The zero-order valence-corrected chi connectivity index (χ0v) is 22.0. The molecular weight excluding hydrogens is 506 g/mol. The summed E-state index contributed by atoms with van der Waals surface area (Å²) in [5.74, 6) is 0.623. The normalized spacial score (nSPS) is 10.5. The number of aryl methyl sites for hydroxylation is 1. The number of benzene rings is 2. The van der Waals surface area contributed by atoms with Crippen molar-refractivity contribution < 1.29 is 14.3 Å². The molecule has 1 amide bonds. The van der Waals surface area contributed by atoms with Gasteiger partial charge < -0.3 is 20.4 Å². The summed E-state index contributed by atoms with van der Waals surface area (Å²) in [6.07, 6.45) is 1.67. The third kappa shape index (κ3) is 6.46. The van der Waals surface area contributed by atoms with Crippen molar-refractivity contribution in [3.05, 3.63) is 83.8 Å². The molecule has 0 aliphatic rings. The number of esters is 1. The summed E-state index contributed by atoms with van der Waals surface area (Å²) >= 11 is 0. The molecule has 38 heavy (non-hydrogen) atoms. The first-order valence-corrected chi connectivity index (χ1v) is 11.9. The number of pyridine rings is 1. The van der Waals surface area contributed by atoms with Crippen molar-refractivity contribution in [3.63, 3.8) is 0 Å². The molecule has 0 aliphatic carbocycles. The van der Waals surface area contributed by atoms with Crippen molar-refractivity contribution in [2.24, 2.45) is 12.8 Å². The number of hydrogen-bond acceptors (Lipinski definition) is 7. The number of nitrogens with two attached hydrogens (primary N) is 1. The van der Waals surface area contributed by atoms with Crippen LogP contribution in [-0.4, -0.2) is 45.4 Å². The molecule has 2 aromatic carbocycles. The molecule has 0 unspecified atom stereocenters. The summed E-state index contributed by atoms with van der Waals surface area (Å²) in [5.41, 5.74) is 9.07. The van der Waals surface area contributed by atoms with Gasteiger partial charge in [0, 0.05) is 36.6 Å². The molecule has 0 spiro atoms. The first-order valence-electron chi connectivity index (χ1n) is 11.9. The molecule has 11 heteroatoms. The van der Waals surface area contributed by atoms with Gasteiger partial charge in [-0.25, -0.2) is 9.97 Å². The van der Waals surface area contributed by atoms with E-state index in [1.165, 1.54) is 4.90 Å². The van der Waals surface area contributed by atoms with Crippen molar-refractivity contribution in [1.29, 1.82) is 5.41 Å². The van der Waals surface area contributed by atoms with Gasteiger partial charge in [-0.2, -0.15) is 0 Å². The molecule has 0 radical (unpaired) electrons. The maximum atomic E-state index is 13.5. The minimum Gasteiger partial charge on any atom is -0.466 e. The highest BCUT2D eigenvalue weighted by molar-refractivity contribution is 6.07. The molecule has 4 rings (SSSR count). The highest BCUT2D eigenvalue weighted by atomic mass is 35.5. The second-order valence-corrected chi connectivity index (χ2v) is 8.33. The Labute approximate surface area is 226 Å². The number of carbonyl (C=O) groups excluding carboxylic acids is 2. The molecule has 0 bridgehead atoms. The standard InChI is InChI=1S/C27H29N7O3.ClH/c1-3-37-25(35)13-15-34(23-6-4-5-14-30-23)27(36)19-9-12-22-21(16-19)32-24(33(22)2)17-31-20-10-7-18(8-11-20)26(28)29;/h4-12,14,16,31H,3,13,15,17H2,1-2H3,(H3,28,29);1H.